The van der Waals surface area contributed by atoms with E-state index >= 15 is 0 Å². The number of aromatic amines is 1. The lowest BCUT2D eigenvalue weighted by molar-refractivity contribution is -0.125. The second-order valence-electron chi connectivity index (χ2n) is 6.20. The summed E-state index contributed by atoms with van der Waals surface area (Å²) in [5.41, 5.74) is -0.910. The van der Waals surface area contributed by atoms with Crippen molar-refractivity contribution in [2.75, 3.05) is 18.4 Å². The van der Waals surface area contributed by atoms with Crippen molar-refractivity contribution in [3.8, 4) is 0 Å². The number of hydrogen-bond donors (Lipinski definition) is 3. The first-order valence-electron chi connectivity index (χ1n) is 7.72. The van der Waals surface area contributed by atoms with E-state index in [0.717, 1.165) is 5.39 Å². The zero-order valence-electron chi connectivity index (χ0n) is 13.2. The molecule has 3 rings (SSSR count). The van der Waals surface area contributed by atoms with E-state index in [0.29, 0.717) is 37.1 Å². The average molecular weight is 369 g/mol. The van der Waals surface area contributed by atoms with Crippen LogP contribution in [0.3, 0.4) is 0 Å². The van der Waals surface area contributed by atoms with Crippen LogP contribution in [0.25, 0.3) is 10.8 Å². The van der Waals surface area contributed by atoms with Crippen molar-refractivity contribution in [1.29, 1.82) is 0 Å². The number of H-pyrrole nitrogens is 1. The summed E-state index contributed by atoms with van der Waals surface area (Å²) in [6, 6.07) is 7.26. The third kappa shape index (κ3) is 3.08. The van der Waals surface area contributed by atoms with Crippen molar-refractivity contribution in [2.45, 2.75) is 24.1 Å². The molecule has 8 heteroatoms. The molecule has 6 nitrogen and oxygen atoms in total. The van der Waals surface area contributed by atoms with Gasteiger partial charge >= 0.3 is 0 Å². The maximum atomic E-state index is 12.0. The van der Waals surface area contributed by atoms with E-state index in [1.54, 1.807) is 13.0 Å². The number of carbonyl (C=O) groups excluding carboxylic acids is 1. The van der Waals surface area contributed by atoms with E-state index in [-0.39, 0.29) is 11.5 Å². The Morgan fingerprint density at radius 2 is 1.96 bits per heavy atom. The summed E-state index contributed by atoms with van der Waals surface area (Å²) in [5, 5.41) is 13.9. The second kappa shape index (κ2) is 6.26. The van der Waals surface area contributed by atoms with Crippen LogP contribution in [0.15, 0.2) is 29.1 Å². The lowest BCUT2D eigenvalue weighted by Crippen LogP contribution is -2.34. The van der Waals surface area contributed by atoms with Gasteiger partial charge in [-0.3, -0.25) is 9.59 Å². The van der Waals surface area contributed by atoms with Crippen molar-refractivity contribution in [2.24, 2.45) is 5.41 Å². The van der Waals surface area contributed by atoms with Gasteiger partial charge in [-0.05, 0) is 25.8 Å². The first kappa shape index (κ1) is 17.0. The highest BCUT2D eigenvalue weighted by Crippen LogP contribution is 2.63. The van der Waals surface area contributed by atoms with Crippen molar-refractivity contribution < 1.29 is 4.79 Å². The highest BCUT2D eigenvalue weighted by Gasteiger charge is 2.67. The molecule has 0 aliphatic heterocycles. The molecule has 1 aromatic heterocycles. The molecular formula is C16H18Cl2N4O2. The van der Waals surface area contributed by atoms with Crippen molar-refractivity contribution in [3.05, 3.63) is 34.6 Å². The number of aromatic nitrogens is 2. The van der Waals surface area contributed by atoms with Crippen LogP contribution in [0.4, 0.5) is 5.82 Å². The molecular weight excluding hydrogens is 351 g/mol. The summed E-state index contributed by atoms with van der Waals surface area (Å²) in [6.45, 7) is 2.87. The van der Waals surface area contributed by atoms with Crippen molar-refractivity contribution >= 4 is 45.7 Å². The Hall–Kier alpha value is -1.79. The Kier molecular flexibility index (Phi) is 4.44. The Morgan fingerprint density at radius 1 is 1.29 bits per heavy atom. The molecule has 1 fully saturated rings. The predicted octanol–water partition coefficient (Wildman–Crippen LogP) is 2.43. The van der Waals surface area contributed by atoms with Gasteiger partial charge in [0.2, 0.25) is 5.91 Å². The second-order valence-corrected chi connectivity index (χ2v) is 7.68. The SMILES string of the molecule is CC1(C(=O)NCCCNc2n[nH]c(=O)c3ccccc23)CC1(Cl)Cl. The molecule has 128 valence electrons. The Balaban J connectivity index is 1.50. The number of hydrogen-bond acceptors (Lipinski definition) is 4. The minimum absolute atomic E-state index is 0.125. The number of nitrogens with zero attached hydrogens (tertiary/aromatic N) is 1. The van der Waals surface area contributed by atoms with Gasteiger partial charge in [0.25, 0.3) is 5.56 Å². The molecule has 1 atom stereocenters. The number of nitrogens with one attached hydrogen (secondary N) is 3. The van der Waals surface area contributed by atoms with Gasteiger partial charge in [-0.1, -0.05) is 18.2 Å². The number of fused-ring (bicyclic) bond motifs is 1. The number of anilines is 1. The summed E-state index contributed by atoms with van der Waals surface area (Å²) in [5.74, 6) is 0.492. The zero-order valence-corrected chi connectivity index (χ0v) is 14.7. The zero-order chi connectivity index (χ0) is 17.4. The summed E-state index contributed by atoms with van der Waals surface area (Å²) in [6.07, 6.45) is 1.18. The average Bonchev–Trinajstić information content (AvgIpc) is 3.09. The first-order valence-corrected chi connectivity index (χ1v) is 8.48. The molecule has 24 heavy (non-hydrogen) atoms. The molecule has 0 bridgehead atoms. The van der Waals surface area contributed by atoms with Crippen LogP contribution in [0.2, 0.25) is 0 Å². The molecule has 0 saturated heterocycles. The number of rotatable bonds is 6. The molecule has 1 saturated carbocycles. The standard InChI is InChI=1S/C16H18Cl2N4O2/c1-15(9-16(15,17)18)14(24)20-8-4-7-19-12-10-5-2-3-6-11(10)13(23)22-21-12/h2-3,5-6H,4,7-9H2,1H3,(H,19,21)(H,20,24)(H,22,23). The van der Waals surface area contributed by atoms with Crippen molar-refractivity contribution in [3.63, 3.8) is 0 Å². The molecule has 1 aliphatic carbocycles. The molecule has 1 amide bonds. The summed E-state index contributed by atoms with van der Waals surface area (Å²) in [4.78, 5) is 23.8. The van der Waals surface area contributed by atoms with Gasteiger partial charge in [0.1, 0.15) is 4.33 Å². The molecule has 1 aromatic carbocycles. The smallest absolute Gasteiger partial charge is 0.272 e. The number of carbonyl (C=O) groups is 1. The van der Waals surface area contributed by atoms with Gasteiger partial charge in [-0.25, -0.2) is 5.10 Å². The fraction of sp³-hybridized carbons (Fsp3) is 0.438. The molecule has 3 N–H and O–H groups in total. The van der Waals surface area contributed by atoms with E-state index in [4.69, 9.17) is 23.2 Å². The van der Waals surface area contributed by atoms with Gasteiger partial charge in [0, 0.05) is 18.5 Å². The van der Waals surface area contributed by atoms with Crippen LogP contribution in [-0.2, 0) is 4.79 Å². The highest BCUT2D eigenvalue weighted by atomic mass is 35.5. The summed E-state index contributed by atoms with van der Waals surface area (Å²) >= 11 is 12.0. The van der Waals surface area contributed by atoms with Gasteiger partial charge in [0.15, 0.2) is 5.82 Å². The Morgan fingerprint density at radius 3 is 2.62 bits per heavy atom. The highest BCUT2D eigenvalue weighted by molar-refractivity contribution is 6.53. The molecule has 0 radical (unpaired) electrons. The van der Waals surface area contributed by atoms with Gasteiger partial charge < -0.3 is 10.6 Å². The lowest BCUT2D eigenvalue weighted by Gasteiger charge is -2.13. The maximum absolute atomic E-state index is 12.0. The third-order valence-corrected chi connectivity index (χ3v) is 5.49. The predicted molar refractivity (Wildman–Crippen MR) is 95.6 cm³/mol. The third-order valence-electron chi connectivity index (χ3n) is 4.39. The minimum Gasteiger partial charge on any atom is -0.368 e. The van der Waals surface area contributed by atoms with E-state index in [9.17, 15) is 9.59 Å². The normalized spacial score (nSPS) is 21.5. The van der Waals surface area contributed by atoms with Crippen LogP contribution in [0.1, 0.15) is 19.8 Å². The quantitative estimate of drug-likeness (QED) is 0.539. The minimum atomic E-state index is -0.950. The molecule has 2 aromatic rings. The fourth-order valence-electron chi connectivity index (χ4n) is 2.59. The van der Waals surface area contributed by atoms with E-state index < -0.39 is 9.75 Å². The molecule has 0 spiro atoms. The Labute approximate surface area is 148 Å². The van der Waals surface area contributed by atoms with Gasteiger partial charge in [0.05, 0.1) is 10.8 Å². The maximum Gasteiger partial charge on any atom is 0.272 e. The summed E-state index contributed by atoms with van der Waals surface area (Å²) < 4.78 is -0.950. The molecule has 1 heterocycles. The van der Waals surface area contributed by atoms with Crippen LogP contribution in [0.5, 0.6) is 0 Å². The summed E-state index contributed by atoms with van der Waals surface area (Å²) in [7, 11) is 0. The number of halogens is 2. The number of amides is 1. The van der Waals surface area contributed by atoms with Crippen LogP contribution in [0, 0.1) is 5.41 Å². The topological polar surface area (TPSA) is 86.9 Å². The molecule has 1 unspecified atom stereocenters. The van der Waals surface area contributed by atoms with E-state index in [1.807, 2.05) is 18.2 Å². The molecule has 1 aliphatic rings. The first-order chi connectivity index (χ1) is 11.3. The monoisotopic (exact) mass is 368 g/mol. The van der Waals surface area contributed by atoms with Gasteiger partial charge in [-0.2, -0.15) is 5.10 Å². The van der Waals surface area contributed by atoms with Crippen molar-refractivity contribution in [1.82, 2.24) is 15.5 Å². The lowest BCUT2D eigenvalue weighted by atomic mass is 10.1. The van der Waals surface area contributed by atoms with Gasteiger partial charge in [-0.15, -0.1) is 23.2 Å². The number of benzene rings is 1. The fourth-order valence-corrected chi connectivity index (χ4v) is 3.29. The van der Waals surface area contributed by atoms with E-state index in [1.165, 1.54) is 0 Å². The largest absolute Gasteiger partial charge is 0.368 e. The van der Waals surface area contributed by atoms with E-state index in [2.05, 4.69) is 20.8 Å². The van der Waals surface area contributed by atoms with Crippen LogP contribution in [-0.4, -0.2) is 33.5 Å². The van der Waals surface area contributed by atoms with Crippen LogP contribution < -0.4 is 16.2 Å². The van der Waals surface area contributed by atoms with Crippen LogP contribution >= 0.6 is 23.2 Å². The number of alkyl halides is 2. The Bertz CT molecular complexity index is 836.